The van der Waals surface area contributed by atoms with Crippen molar-refractivity contribution >= 4 is 5.91 Å². The molecule has 1 aromatic rings. The first-order chi connectivity index (χ1) is 12.2. The van der Waals surface area contributed by atoms with Crippen LogP contribution in [0.3, 0.4) is 0 Å². The number of ether oxygens (including phenoxy) is 1. The van der Waals surface area contributed by atoms with Gasteiger partial charge in [0.05, 0.1) is 12.7 Å². The van der Waals surface area contributed by atoms with Crippen molar-refractivity contribution in [3.63, 3.8) is 0 Å². The van der Waals surface area contributed by atoms with E-state index in [1.54, 1.807) is 0 Å². The lowest BCUT2D eigenvalue weighted by molar-refractivity contribution is -0.182. The van der Waals surface area contributed by atoms with E-state index in [0.29, 0.717) is 26.1 Å². The first-order valence-electron chi connectivity index (χ1n) is 9.54. The highest BCUT2D eigenvalue weighted by Gasteiger charge is 2.24. The molecule has 2 aliphatic heterocycles. The van der Waals surface area contributed by atoms with Crippen LogP contribution in [-0.2, 0) is 20.9 Å². The Hall–Kier alpha value is -1.43. The van der Waals surface area contributed by atoms with Crippen molar-refractivity contribution in [2.45, 2.75) is 51.7 Å². The molecule has 1 aromatic carbocycles. The molecule has 1 amide bonds. The van der Waals surface area contributed by atoms with E-state index < -0.39 is 0 Å². The molecule has 0 radical (unpaired) electrons. The average molecular weight is 346 g/mol. The summed E-state index contributed by atoms with van der Waals surface area (Å²) in [5.74, 6) is 0.188. The maximum Gasteiger partial charge on any atom is 0.224 e. The van der Waals surface area contributed by atoms with E-state index in [2.05, 4.69) is 19.1 Å². The minimum absolute atomic E-state index is 0.180. The molecule has 2 aliphatic rings. The van der Waals surface area contributed by atoms with Crippen molar-refractivity contribution in [3.8, 4) is 0 Å². The van der Waals surface area contributed by atoms with Gasteiger partial charge in [-0.3, -0.25) is 9.63 Å². The molecule has 2 saturated heterocycles. The molecule has 5 heteroatoms. The van der Waals surface area contributed by atoms with E-state index in [4.69, 9.17) is 9.57 Å². The van der Waals surface area contributed by atoms with Crippen LogP contribution in [0, 0.1) is 6.92 Å². The van der Waals surface area contributed by atoms with Crippen molar-refractivity contribution in [1.29, 1.82) is 0 Å². The Morgan fingerprint density at radius 1 is 1.24 bits per heavy atom. The van der Waals surface area contributed by atoms with Crippen LogP contribution in [-0.4, -0.2) is 54.8 Å². The lowest BCUT2D eigenvalue weighted by Gasteiger charge is -2.29. The lowest BCUT2D eigenvalue weighted by Crippen LogP contribution is -2.39. The van der Waals surface area contributed by atoms with Crippen LogP contribution in [0.2, 0.25) is 0 Å². The third-order valence-corrected chi connectivity index (χ3v) is 5.07. The Labute approximate surface area is 150 Å². The zero-order valence-corrected chi connectivity index (χ0v) is 15.3. The quantitative estimate of drug-likeness (QED) is 0.761. The summed E-state index contributed by atoms with van der Waals surface area (Å²) < 4.78 is 5.77. The van der Waals surface area contributed by atoms with Gasteiger partial charge in [-0.2, -0.15) is 5.06 Å². The van der Waals surface area contributed by atoms with Crippen LogP contribution < -0.4 is 0 Å². The fourth-order valence-electron chi connectivity index (χ4n) is 3.49. The highest BCUT2D eigenvalue weighted by atomic mass is 16.7. The van der Waals surface area contributed by atoms with Crippen LogP contribution in [0.25, 0.3) is 0 Å². The molecule has 2 heterocycles. The molecule has 0 aliphatic carbocycles. The van der Waals surface area contributed by atoms with Crippen molar-refractivity contribution < 1.29 is 14.4 Å². The summed E-state index contributed by atoms with van der Waals surface area (Å²) in [6, 6.07) is 8.29. The number of nitrogens with zero attached hydrogens (tertiary/aromatic N) is 2. The zero-order valence-electron chi connectivity index (χ0n) is 15.3. The molecule has 1 atom stereocenters. The van der Waals surface area contributed by atoms with Gasteiger partial charge in [0.15, 0.2) is 0 Å². The third kappa shape index (κ3) is 5.53. The van der Waals surface area contributed by atoms with E-state index in [0.717, 1.165) is 45.4 Å². The molecule has 0 N–H and O–H groups in total. The normalized spacial score (nSPS) is 21.4. The Kier molecular flexibility index (Phi) is 6.84. The zero-order chi connectivity index (χ0) is 17.5. The van der Waals surface area contributed by atoms with Crippen LogP contribution >= 0.6 is 0 Å². The second-order valence-electron chi connectivity index (χ2n) is 7.06. The number of hydrogen-bond acceptors (Lipinski definition) is 4. The molecular formula is C20H30N2O3. The molecule has 25 heavy (non-hydrogen) atoms. The van der Waals surface area contributed by atoms with Gasteiger partial charge in [0, 0.05) is 39.2 Å². The summed E-state index contributed by atoms with van der Waals surface area (Å²) in [5.41, 5.74) is 2.44. The molecule has 0 bridgehead atoms. The van der Waals surface area contributed by atoms with Gasteiger partial charge in [-0.05, 0) is 43.7 Å². The molecule has 0 saturated carbocycles. The number of rotatable bonds is 7. The summed E-state index contributed by atoms with van der Waals surface area (Å²) in [6.45, 7) is 6.65. The average Bonchev–Trinajstić information content (AvgIpc) is 3.15. The SMILES string of the molecule is Cc1ccccc1CN(CC1CCCO1)C(=O)CCN1CCCCO1. The van der Waals surface area contributed by atoms with Crippen molar-refractivity contribution in [1.82, 2.24) is 9.96 Å². The van der Waals surface area contributed by atoms with Crippen LogP contribution in [0.15, 0.2) is 24.3 Å². The predicted molar refractivity (Wildman–Crippen MR) is 96.9 cm³/mol. The van der Waals surface area contributed by atoms with E-state index in [9.17, 15) is 4.79 Å². The van der Waals surface area contributed by atoms with Gasteiger partial charge >= 0.3 is 0 Å². The topological polar surface area (TPSA) is 42.0 Å². The van der Waals surface area contributed by atoms with E-state index in [1.165, 1.54) is 11.1 Å². The number of carbonyl (C=O) groups excluding carboxylic acids is 1. The van der Waals surface area contributed by atoms with Gasteiger partial charge < -0.3 is 9.64 Å². The van der Waals surface area contributed by atoms with Crippen molar-refractivity contribution in [2.75, 3.05) is 32.8 Å². The van der Waals surface area contributed by atoms with Gasteiger partial charge in [-0.25, -0.2) is 0 Å². The third-order valence-electron chi connectivity index (χ3n) is 5.07. The van der Waals surface area contributed by atoms with Gasteiger partial charge in [-0.1, -0.05) is 24.3 Å². The predicted octanol–water partition coefficient (Wildman–Crippen LogP) is 2.92. The molecule has 1 unspecified atom stereocenters. The highest BCUT2D eigenvalue weighted by molar-refractivity contribution is 5.76. The smallest absolute Gasteiger partial charge is 0.224 e. The molecule has 3 rings (SSSR count). The highest BCUT2D eigenvalue weighted by Crippen LogP contribution is 2.18. The minimum atomic E-state index is 0.180. The first-order valence-corrected chi connectivity index (χ1v) is 9.54. The Bertz CT molecular complexity index is 552. The molecule has 138 valence electrons. The van der Waals surface area contributed by atoms with Crippen LogP contribution in [0.1, 0.15) is 43.2 Å². The maximum absolute atomic E-state index is 12.9. The standard InChI is InChI=1S/C20H30N2O3/c1-17-7-2-3-8-18(17)15-21(16-19-9-6-13-24-19)20(23)10-12-22-11-4-5-14-25-22/h2-3,7-8,19H,4-6,9-16H2,1H3. The summed E-state index contributed by atoms with van der Waals surface area (Å²) in [6.07, 6.45) is 5.09. The van der Waals surface area contributed by atoms with Gasteiger partial charge in [0.2, 0.25) is 5.91 Å². The maximum atomic E-state index is 12.9. The van der Waals surface area contributed by atoms with E-state index in [1.807, 2.05) is 22.1 Å². The number of benzene rings is 1. The monoisotopic (exact) mass is 346 g/mol. The van der Waals surface area contributed by atoms with Crippen molar-refractivity contribution in [3.05, 3.63) is 35.4 Å². The van der Waals surface area contributed by atoms with E-state index in [-0.39, 0.29) is 12.0 Å². The number of aryl methyl sites for hydroxylation is 1. The van der Waals surface area contributed by atoms with Crippen molar-refractivity contribution in [2.24, 2.45) is 0 Å². The van der Waals surface area contributed by atoms with Gasteiger partial charge in [0.25, 0.3) is 0 Å². The largest absolute Gasteiger partial charge is 0.376 e. The number of hydrogen-bond donors (Lipinski definition) is 0. The molecule has 2 fully saturated rings. The number of hydroxylamine groups is 2. The summed E-state index contributed by atoms with van der Waals surface area (Å²) in [5, 5.41) is 1.94. The summed E-state index contributed by atoms with van der Waals surface area (Å²) in [4.78, 5) is 20.5. The Balaban J connectivity index is 1.59. The van der Waals surface area contributed by atoms with Gasteiger partial charge in [0.1, 0.15) is 0 Å². The summed E-state index contributed by atoms with van der Waals surface area (Å²) >= 11 is 0. The fraction of sp³-hybridized carbons (Fsp3) is 0.650. The molecule has 0 spiro atoms. The second-order valence-corrected chi connectivity index (χ2v) is 7.06. The Morgan fingerprint density at radius 2 is 2.12 bits per heavy atom. The Morgan fingerprint density at radius 3 is 2.84 bits per heavy atom. The number of amides is 1. The minimum Gasteiger partial charge on any atom is -0.376 e. The fourth-order valence-corrected chi connectivity index (χ4v) is 3.49. The van der Waals surface area contributed by atoms with Gasteiger partial charge in [-0.15, -0.1) is 0 Å². The molecule has 0 aromatic heterocycles. The summed E-state index contributed by atoms with van der Waals surface area (Å²) in [7, 11) is 0. The molecular weight excluding hydrogens is 316 g/mol. The lowest BCUT2D eigenvalue weighted by atomic mass is 10.1. The molecule has 5 nitrogen and oxygen atoms in total. The number of carbonyl (C=O) groups is 1. The first kappa shape index (κ1) is 18.4. The van der Waals surface area contributed by atoms with Crippen LogP contribution in [0.4, 0.5) is 0 Å². The van der Waals surface area contributed by atoms with E-state index >= 15 is 0 Å². The second kappa shape index (κ2) is 9.32. The van der Waals surface area contributed by atoms with Crippen LogP contribution in [0.5, 0.6) is 0 Å².